The standard InChI is InChI=1S/C24H39N3O4/c1-3-14-24(23(30)31-2,18-10-6-7-11-18)15-8-4-5-12-19-20(13-9-16-28)22(29)17-21(19)26-27-25/h4-5,9,13,18-22,28-29H,3,6-8,10-12,14-17H2,1-2H3/t19-,20-,21-,22-,24?/m1/s1. The van der Waals surface area contributed by atoms with Crippen molar-refractivity contribution in [2.45, 2.75) is 83.3 Å². The third-order valence-electron chi connectivity index (χ3n) is 7.34. The Morgan fingerprint density at radius 3 is 2.61 bits per heavy atom. The molecule has 0 saturated heterocycles. The van der Waals surface area contributed by atoms with Crippen LogP contribution in [0.3, 0.4) is 0 Å². The summed E-state index contributed by atoms with van der Waals surface area (Å²) in [5, 5.41) is 23.3. The average molecular weight is 434 g/mol. The molecule has 2 saturated carbocycles. The van der Waals surface area contributed by atoms with Crippen molar-refractivity contribution in [3.05, 3.63) is 34.7 Å². The Balaban J connectivity index is 2.05. The van der Waals surface area contributed by atoms with Crippen molar-refractivity contribution in [1.82, 2.24) is 0 Å². The van der Waals surface area contributed by atoms with Crippen molar-refractivity contribution in [3.63, 3.8) is 0 Å². The van der Waals surface area contributed by atoms with Gasteiger partial charge in [0.15, 0.2) is 0 Å². The maximum absolute atomic E-state index is 12.8. The lowest BCUT2D eigenvalue weighted by Gasteiger charge is -2.36. The first-order chi connectivity index (χ1) is 15.0. The molecule has 0 aliphatic heterocycles. The third kappa shape index (κ3) is 6.34. The van der Waals surface area contributed by atoms with Crippen LogP contribution in [-0.4, -0.2) is 42.0 Å². The molecule has 2 aliphatic carbocycles. The lowest BCUT2D eigenvalue weighted by molar-refractivity contribution is -0.158. The molecule has 0 radical (unpaired) electrons. The van der Waals surface area contributed by atoms with Gasteiger partial charge in [-0.05, 0) is 62.3 Å². The van der Waals surface area contributed by atoms with E-state index in [1.165, 1.54) is 20.0 Å². The van der Waals surface area contributed by atoms with E-state index >= 15 is 0 Å². The van der Waals surface area contributed by atoms with Gasteiger partial charge >= 0.3 is 5.97 Å². The average Bonchev–Trinajstić information content (AvgIpc) is 3.40. The lowest BCUT2D eigenvalue weighted by Crippen LogP contribution is -2.38. The van der Waals surface area contributed by atoms with E-state index in [-0.39, 0.29) is 30.5 Å². The molecule has 7 nitrogen and oxygen atoms in total. The van der Waals surface area contributed by atoms with Crippen LogP contribution >= 0.6 is 0 Å². The van der Waals surface area contributed by atoms with Crippen molar-refractivity contribution < 1.29 is 19.7 Å². The third-order valence-corrected chi connectivity index (χ3v) is 7.34. The van der Waals surface area contributed by atoms with E-state index in [2.05, 4.69) is 29.1 Å². The zero-order chi connectivity index (χ0) is 22.7. The highest BCUT2D eigenvalue weighted by Crippen LogP contribution is 2.47. The second-order valence-corrected chi connectivity index (χ2v) is 9.05. The fraction of sp³-hybridized carbons (Fsp3) is 0.792. The zero-order valence-electron chi connectivity index (χ0n) is 19.0. The normalized spacial score (nSPS) is 28.8. The Morgan fingerprint density at radius 2 is 2.00 bits per heavy atom. The Bertz CT molecular complexity index is 668. The number of rotatable bonds is 12. The quantitative estimate of drug-likeness (QED) is 0.147. The van der Waals surface area contributed by atoms with Crippen LogP contribution in [0.4, 0.5) is 0 Å². The van der Waals surface area contributed by atoms with Gasteiger partial charge in [0, 0.05) is 16.9 Å². The predicted octanol–water partition coefficient (Wildman–Crippen LogP) is 5.09. The molecule has 1 unspecified atom stereocenters. The highest BCUT2D eigenvalue weighted by Gasteiger charge is 2.46. The van der Waals surface area contributed by atoms with Crippen molar-refractivity contribution in [3.8, 4) is 0 Å². The number of carbonyl (C=O) groups is 1. The first kappa shape index (κ1) is 25.4. The fourth-order valence-electron chi connectivity index (χ4n) is 5.87. The molecule has 0 aromatic rings. The van der Waals surface area contributed by atoms with E-state index in [0.29, 0.717) is 18.8 Å². The molecular formula is C24H39N3O4. The second kappa shape index (κ2) is 12.9. The molecule has 0 amide bonds. The zero-order valence-corrected chi connectivity index (χ0v) is 19.0. The van der Waals surface area contributed by atoms with Gasteiger partial charge in [0.1, 0.15) is 0 Å². The molecule has 5 atom stereocenters. The van der Waals surface area contributed by atoms with Gasteiger partial charge in [0.25, 0.3) is 0 Å². The fourth-order valence-corrected chi connectivity index (χ4v) is 5.87. The molecule has 31 heavy (non-hydrogen) atoms. The van der Waals surface area contributed by atoms with E-state index in [0.717, 1.165) is 38.5 Å². The minimum absolute atomic E-state index is 0.000730. The molecular weight excluding hydrogens is 394 g/mol. The van der Waals surface area contributed by atoms with Crippen LogP contribution in [0.25, 0.3) is 10.4 Å². The summed E-state index contributed by atoms with van der Waals surface area (Å²) in [4.78, 5) is 15.8. The van der Waals surface area contributed by atoms with E-state index in [1.54, 1.807) is 6.08 Å². The van der Waals surface area contributed by atoms with Crippen molar-refractivity contribution in [1.29, 1.82) is 0 Å². The van der Waals surface area contributed by atoms with Crippen molar-refractivity contribution >= 4 is 5.97 Å². The molecule has 0 aromatic carbocycles. The summed E-state index contributed by atoms with van der Waals surface area (Å²) >= 11 is 0. The van der Waals surface area contributed by atoms with Crippen LogP contribution in [0, 0.1) is 23.2 Å². The molecule has 0 bridgehead atoms. The SMILES string of the molecule is CCCC(CCC=CC[C@@H]1[C@@H](C=CCO)[C@H](O)C[C@H]1N=[N+]=[N-])(C(=O)OC)C1CCCC1. The first-order valence-electron chi connectivity index (χ1n) is 11.8. The molecule has 7 heteroatoms. The van der Waals surface area contributed by atoms with Crippen LogP contribution in [0.5, 0.6) is 0 Å². The number of carbonyl (C=O) groups excluding carboxylic acids is 1. The summed E-state index contributed by atoms with van der Waals surface area (Å²) in [6, 6.07) is -0.259. The Kier molecular flexibility index (Phi) is 10.6. The van der Waals surface area contributed by atoms with Gasteiger partial charge < -0.3 is 14.9 Å². The van der Waals surface area contributed by atoms with Gasteiger partial charge in [-0.1, -0.05) is 55.6 Å². The van der Waals surface area contributed by atoms with Gasteiger partial charge in [-0.3, -0.25) is 4.79 Å². The monoisotopic (exact) mass is 433 g/mol. The highest BCUT2D eigenvalue weighted by atomic mass is 16.5. The van der Waals surface area contributed by atoms with Crippen LogP contribution < -0.4 is 0 Å². The predicted molar refractivity (Wildman–Crippen MR) is 121 cm³/mol. The van der Waals surface area contributed by atoms with Gasteiger partial charge in [0.05, 0.1) is 25.2 Å². The summed E-state index contributed by atoms with van der Waals surface area (Å²) in [7, 11) is 1.50. The van der Waals surface area contributed by atoms with E-state index in [9.17, 15) is 9.90 Å². The molecule has 2 rings (SSSR count). The van der Waals surface area contributed by atoms with Gasteiger partial charge in [0.2, 0.25) is 0 Å². The first-order valence-corrected chi connectivity index (χ1v) is 11.8. The number of allylic oxidation sites excluding steroid dienone is 2. The number of azide groups is 1. The number of methoxy groups -OCH3 is 1. The summed E-state index contributed by atoms with van der Waals surface area (Å²) in [6.07, 6.45) is 16.2. The van der Waals surface area contributed by atoms with Crippen molar-refractivity contribution in [2.24, 2.45) is 28.3 Å². The van der Waals surface area contributed by atoms with Crippen LogP contribution in [0.1, 0.15) is 71.1 Å². The van der Waals surface area contributed by atoms with Gasteiger partial charge in [-0.15, -0.1) is 0 Å². The Hall–Kier alpha value is -1.82. The summed E-state index contributed by atoms with van der Waals surface area (Å²) in [5.41, 5.74) is 8.48. The molecule has 2 N–H and O–H groups in total. The maximum atomic E-state index is 12.8. The topological polar surface area (TPSA) is 116 Å². The molecule has 2 fully saturated rings. The second-order valence-electron chi connectivity index (χ2n) is 9.05. The largest absolute Gasteiger partial charge is 0.469 e. The lowest BCUT2D eigenvalue weighted by atomic mass is 9.68. The summed E-state index contributed by atoms with van der Waals surface area (Å²) in [5.74, 6) is 0.202. The molecule has 0 spiro atoms. The van der Waals surface area contributed by atoms with Gasteiger partial charge in [-0.2, -0.15) is 0 Å². The number of aliphatic hydroxyl groups excluding tert-OH is 2. The number of nitrogens with zero attached hydrogens (tertiary/aromatic N) is 3. The maximum Gasteiger partial charge on any atom is 0.312 e. The Labute approximate surface area is 186 Å². The van der Waals surface area contributed by atoms with E-state index < -0.39 is 11.5 Å². The molecule has 174 valence electrons. The number of aliphatic hydroxyl groups is 2. The number of esters is 1. The number of ether oxygens (including phenoxy) is 1. The number of hydrogen-bond acceptors (Lipinski definition) is 5. The van der Waals surface area contributed by atoms with Gasteiger partial charge in [-0.25, -0.2) is 0 Å². The van der Waals surface area contributed by atoms with Crippen molar-refractivity contribution in [2.75, 3.05) is 13.7 Å². The smallest absolute Gasteiger partial charge is 0.312 e. The summed E-state index contributed by atoms with van der Waals surface area (Å²) < 4.78 is 5.26. The minimum Gasteiger partial charge on any atom is -0.469 e. The van der Waals surface area contributed by atoms with Crippen LogP contribution in [-0.2, 0) is 9.53 Å². The van der Waals surface area contributed by atoms with E-state index in [1.807, 2.05) is 6.08 Å². The molecule has 0 aromatic heterocycles. The summed E-state index contributed by atoms with van der Waals surface area (Å²) in [6.45, 7) is 2.05. The van der Waals surface area contributed by atoms with E-state index in [4.69, 9.17) is 15.4 Å². The Morgan fingerprint density at radius 1 is 1.26 bits per heavy atom. The number of hydrogen-bond donors (Lipinski definition) is 2. The molecule has 0 heterocycles. The van der Waals surface area contributed by atoms with Crippen LogP contribution in [0.15, 0.2) is 29.4 Å². The highest BCUT2D eigenvalue weighted by molar-refractivity contribution is 5.77. The van der Waals surface area contributed by atoms with Crippen LogP contribution in [0.2, 0.25) is 0 Å². The minimum atomic E-state index is -0.574. The molecule has 2 aliphatic rings.